The van der Waals surface area contributed by atoms with Crippen molar-refractivity contribution in [3.05, 3.63) is 5.82 Å². The smallest absolute Gasteiger partial charge is 0.188 e. The van der Waals surface area contributed by atoms with Gasteiger partial charge >= 0.3 is 0 Å². The minimum absolute atomic E-state index is 0.625. The number of nitrogens with zero attached hydrogens (tertiary/aromatic N) is 3. The Kier molecular flexibility index (Phi) is 3.88. The lowest BCUT2D eigenvalue weighted by atomic mass is 9.79. The van der Waals surface area contributed by atoms with Crippen molar-refractivity contribution in [1.29, 1.82) is 0 Å². The fourth-order valence-electron chi connectivity index (χ4n) is 2.51. The molecule has 0 bridgehead atoms. The maximum atomic E-state index is 3.95. The SMILES string of the molecule is CC(C)C1CCCC(NCc2nn[nH]n2)C1. The molecule has 1 aromatic rings. The molecule has 0 amide bonds. The molecule has 1 aliphatic rings. The van der Waals surface area contributed by atoms with Crippen molar-refractivity contribution in [3.8, 4) is 0 Å². The van der Waals surface area contributed by atoms with E-state index in [1.807, 2.05) is 0 Å². The van der Waals surface area contributed by atoms with Crippen molar-refractivity contribution in [2.24, 2.45) is 11.8 Å². The highest BCUT2D eigenvalue weighted by Gasteiger charge is 2.23. The Balaban J connectivity index is 1.77. The van der Waals surface area contributed by atoms with Crippen molar-refractivity contribution in [1.82, 2.24) is 25.9 Å². The molecule has 0 aromatic carbocycles. The van der Waals surface area contributed by atoms with Crippen molar-refractivity contribution < 1.29 is 0 Å². The highest BCUT2D eigenvalue weighted by atomic mass is 15.5. The Hall–Kier alpha value is -0.970. The van der Waals surface area contributed by atoms with Gasteiger partial charge in [-0.25, -0.2) is 0 Å². The molecule has 0 aliphatic heterocycles. The summed E-state index contributed by atoms with van der Waals surface area (Å²) >= 11 is 0. The van der Waals surface area contributed by atoms with Gasteiger partial charge in [-0.05, 0) is 24.7 Å². The molecule has 90 valence electrons. The van der Waals surface area contributed by atoms with Crippen LogP contribution in [0.15, 0.2) is 0 Å². The van der Waals surface area contributed by atoms with Crippen LogP contribution in [0.4, 0.5) is 0 Å². The number of aromatic nitrogens is 4. The first-order valence-corrected chi connectivity index (χ1v) is 6.21. The fraction of sp³-hybridized carbons (Fsp3) is 0.909. The standard InChI is InChI=1S/C11H21N5/c1-8(2)9-4-3-5-10(6-9)12-7-11-13-15-16-14-11/h8-10,12H,3-7H2,1-2H3,(H,13,14,15,16). The molecular weight excluding hydrogens is 202 g/mol. The Morgan fingerprint density at radius 3 is 3.00 bits per heavy atom. The maximum absolute atomic E-state index is 3.95. The van der Waals surface area contributed by atoms with Gasteiger partial charge < -0.3 is 5.32 Å². The summed E-state index contributed by atoms with van der Waals surface area (Å²) in [5.41, 5.74) is 0. The molecule has 1 saturated carbocycles. The topological polar surface area (TPSA) is 66.5 Å². The summed E-state index contributed by atoms with van der Waals surface area (Å²) < 4.78 is 0. The molecule has 1 heterocycles. The molecule has 2 rings (SSSR count). The molecule has 2 unspecified atom stereocenters. The van der Waals surface area contributed by atoms with Gasteiger partial charge in [0.1, 0.15) is 0 Å². The number of nitrogens with one attached hydrogen (secondary N) is 2. The van der Waals surface area contributed by atoms with E-state index in [4.69, 9.17) is 0 Å². The van der Waals surface area contributed by atoms with Crippen LogP contribution >= 0.6 is 0 Å². The summed E-state index contributed by atoms with van der Waals surface area (Å²) in [6.45, 7) is 5.38. The molecule has 5 heteroatoms. The van der Waals surface area contributed by atoms with Crippen molar-refractivity contribution in [3.63, 3.8) is 0 Å². The number of tetrazole rings is 1. The summed E-state index contributed by atoms with van der Waals surface area (Å²) in [6.07, 6.45) is 5.29. The summed E-state index contributed by atoms with van der Waals surface area (Å²) in [7, 11) is 0. The second-order valence-corrected chi connectivity index (χ2v) is 5.08. The van der Waals surface area contributed by atoms with E-state index in [1.165, 1.54) is 25.7 Å². The van der Waals surface area contributed by atoms with Crippen LogP contribution in [0.2, 0.25) is 0 Å². The van der Waals surface area contributed by atoms with Gasteiger partial charge in [0.2, 0.25) is 0 Å². The van der Waals surface area contributed by atoms with E-state index in [0.717, 1.165) is 24.2 Å². The average molecular weight is 223 g/mol. The molecule has 1 aliphatic carbocycles. The quantitative estimate of drug-likeness (QED) is 0.812. The van der Waals surface area contributed by atoms with Crippen LogP contribution in [0.25, 0.3) is 0 Å². The van der Waals surface area contributed by atoms with E-state index < -0.39 is 0 Å². The molecular formula is C11H21N5. The summed E-state index contributed by atoms with van der Waals surface area (Å²) in [5, 5.41) is 17.4. The molecule has 5 nitrogen and oxygen atoms in total. The van der Waals surface area contributed by atoms with E-state index >= 15 is 0 Å². The predicted molar refractivity (Wildman–Crippen MR) is 61.6 cm³/mol. The lowest BCUT2D eigenvalue weighted by molar-refractivity contribution is 0.230. The first-order valence-electron chi connectivity index (χ1n) is 6.21. The number of aromatic amines is 1. The van der Waals surface area contributed by atoms with Gasteiger partial charge in [-0.15, -0.1) is 10.2 Å². The van der Waals surface area contributed by atoms with E-state index in [1.54, 1.807) is 0 Å². The van der Waals surface area contributed by atoms with E-state index in [2.05, 4.69) is 39.8 Å². The third kappa shape index (κ3) is 3.01. The van der Waals surface area contributed by atoms with Gasteiger partial charge in [0.25, 0.3) is 0 Å². The Morgan fingerprint density at radius 1 is 1.44 bits per heavy atom. The monoisotopic (exact) mass is 223 g/mol. The summed E-state index contributed by atoms with van der Waals surface area (Å²) in [5.74, 6) is 2.43. The second kappa shape index (κ2) is 5.39. The minimum Gasteiger partial charge on any atom is -0.307 e. The molecule has 0 saturated heterocycles. The van der Waals surface area contributed by atoms with Gasteiger partial charge in [-0.2, -0.15) is 5.21 Å². The van der Waals surface area contributed by atoms with E-state index in [0.29, 0.717) is 6.04 Å². The van der Waals surface area contributed by atoms with Crippen LogP contribution in [0.1, 0.15) is 45.4 Å². The number of hydrogen-bond acceptors (Lipinski definition) is 4. The lowest BCUT2D eigenvalue weighted by Crippen LogP contribution is -2.35. The summed E-state index contributed by atoms with van der Waals surface area (Å²) in [6, 6.07) is 0.625. The third-order valence-electron chi connectivity index (χ3n) is 3.60. The van der Waals surface area contributed by atoms with Crippen molar-refractivity contribution in [2.75, 3.05) is 0 Å². The van der Waals surface area contributed by atoms with Crippen LogP contribution in [-0.4, -0.2) is 26.7 Å². The molecule has 2 N–H and O–H groups in total. The third-order valence-corrected chi connectivity index (χ3v) is 3.60. The number of rotatable bonds is 4. The van der Waals surface area contributed by atoms with E-state index in [-0.39, 0.29) is 0 Å². The zero-order chi connectivity index (χ0) is 11.4. The van der Waals surface area contributed by atoms with Crippen molar-refractivity contribution >= 4 is 0 Å². The zero-order valence-corrected chi connectivity index (χ0v) is 10.1. The molecule has 1 aromatic heterocycles. The highest BCUT2D eigenvalue weighted by Crippen LogP contribution is 2.29. The number of H-pyrrole nitrogens is 1. The normalized spacial score (nSPS) is 26.2. The zero-order valence-electron chi connectivity index (χ0n) is 10.1. The minimum atomic E-state index is 0.625. The van der Waals surface area contributed by atoms with Gasteiger partial charge in [-0.3, -0.25) is 0 Å². The first kappa shape index (κ1) is 11.5. The average Bonchev–Trinajstić information content (AvgIpc) is 2.79. The van der Waals surface area contributed by atoms with Crippen LogP contribution in [0, 0.1) is 11.8 Å². The Morgan fingerprint density at radius 2 is 2.31 bits per heavy atom. The molecule has 2 atom stereocenters. The first-order chi connectivity index (χ1) is 7.75. The number of hydrogen-bond donors (Lipinski definition) is 2. The van der Waals surface area contributed by atoms with Crippen LogP contribution in [-0.2, 0) is 6.54 Å². The van der Waals surface area contributed by atoms with Crippen LogP contribution < -0.4 is 5.32 Å². The predicted octanol–water partition coefficient (Wildman–Crippen LogP) is 1.50. The highest BCUT2D eigenvalue weighted by molar-refractivity contribution is 4.82. The Labute approximate surface area is 96.4 Å². The van der Waals surface area contributed by atoms with Gasteiger partial charge in [0.05, 0.1) is 6.54 Å². The van der Waals surface area contributed by atoms with Crippen molar-refractivity contribution in [2.45, 2.75) is 52.1 Å². The Bertz CT molecular complexity index is 295. The fourth-order valence-corrected chi connectivity index (χ4v) is 2.51. The lowest BCUT2D eigenvalue weighted by Gasteiger charge is -2.31. The maximum Gasteiger partial charge on any atom is 0.188 e. The van der Waals surface area contributed by atoms with Crippen LogP contribution in [0.5, 0.6) is 0 Å². The van der Waals surface area contributed by atoms with Crippen LogP contribution in [0.3, 0.4) is 0 Å². The van der Waals surface area contributed by atoms with E-state index in [9.17, 15) is 0 Å². The van der Waals surface area contributed by atoms with Gasteiger partial charge in [0.15, 0.2) is 5.82 Å². The van der Waals surface area contributed by atoms with Gasteiger partial charge in [0, 0.05) is 6.04 Å². The molecule has 1 fully saturated rings. The van der Waals surface area contributed by atoms with Gasteiger partial charge in [-0.1, -0.05) is 31.9 Å². The second-order valence-electron chi connectivity index (χ2n) is 5.08. The summed E-state index contributed by atoms with van der Waals surface area (Å²) in [4.78, 5) is 0. The molecule has 0 spiro atoms. The molecule has 16 heavy (non-hydrogen) atoms. The largest absolute Gasteiger partial charge is 0.307 e. The molecule has 0 radical (unpaired) electrons.